The lowest BCUT2D eigenvalue weighted by molar-refractivity contribution is 0.0598. The zero-order chi connectivity index (χ0) is 14.9. The molecule has 1 N–H and O–H groups in total. The molecule has 0 unspecified atom stereocenters. The molecule has 0 amide bonds. The summed E-state index contributed by atoms with van der Waals surface area (Å²) in [7, 11) is 1.22. The van der Waals surface area contributed by atoms with Gasteiger partial charge in [0.25, 0.3) is 0 Å². The Bertz CT molecular complexity index is 744. The van der Waals surface area contributed by atoms with Gasteiger partial charge in [0.1, 0.15) is 27.7 Å². The van der Waals surface area contributed by atoms with Crippen LogP contribution in [0.4, 0.5) is 8.78 Å². The van der Waals surface area contributed by atoms with Gasteiger partial charge in [-0.15, -0.1) is 0 Å². The maximum atomic E-state index is 13.7. The van der Waals surface area contributed by atoms with Crippen LogP contribution in [-0.2, 0) is 4.74 Å². The number of halogens is 2. The van der Waals surface area contributed by atoms with Crippen molar-refractivity contribution in [3.8, 4) is 11.4 Å². The first-order valence-electron chi connectivity index (χ1n) is 5.58. The molecule has 0 bridgehead atoms. The van der Waals surface area contributed by atoms with Gasteiger partial charge in [-0.2, -0.15) is 0 Å². The highest BCUT2D eigenvalue weighted by molar-refractivity contribution is 7.71. The number of hydrogen-bond acceptors (Lipinski definition) is 4. The molecule has 4 nitrogen and oxygen atoms in total. The second-order valence-corrected chi connectivity index (χ2v) is 4.39. The Balaban J connectivity index is 2.64. The van der Waals surface area contributed by atoms with Crippen molar-refractivity contribution in [3.63, 3.8) is 0 Å². The minimum absolute atomic E-state index is 0.0354. The highest BCUT2D eigenvalue weighted by atomic mass is 32.1. The first-order valence-corrected chi connectivity index (χ1v) is 5.99. The highest BCUT2D eigenvalue weighted by Gasteiger charge is 2.16. The fourth-order valence-corrected chi connectivity index (χ4v) is 2.06. The number of methoxy groups -OCH3 is 1. The predicted molar refractivity (Wildman–Crippen MR) is 70.9 cm³/mol. The molecule has 2 aromatic rings. The molecule has 7 heteroatoms. The van der Waals surface area contributed by atoms with Gasteiger partial charge in [-0.1, -0.05) is 12.2 Å². The van der Waals surface area contributed by atoms with Crippen LogP contribution in [0.3, 0.4) is 0 Å². The first kappa shape index (κ1) is 14.3. The van der Waals surface area contributed by atoms with Gasteiger partial charge in [0, 0.05) is 5.69 Å². The zero-order valence-electron chi connectivity index (χ0n) is 10.7. The van der Waals surface area contributed by atoms with Crippen molar-refractivity contribution in [2.75, 3.05) is 7.11 Å². The van der Waals surface area contributed by atoms with Gasteiger partial charge in [-0.05, 0) is 25.1 Å². The van der Waals surface area contributed by atoms with E-state index in [0.717, 1.165) is 18.2 Å². The molecule has 0 fully saturated rings. The minimum Gasteiger partial charge on any atom is -0.465 e. The number of aryl methyl sites for hydroxylation is 1. The fourth-order valence-electron chi connectivity index (χ4n) is 1.73. The minimum atomic E-state index is -0.644. The summed E-state index contributed by atoms with van der Waals surface area (Å²) in [5.41, 5.74) is 0.411. The molecule has 0 saturated heterocycles. The topological polar surface area (TPSA) is 55.0 Å². The van der Waals surface area contributed by atoms with Gasteiger partial charge in [0.15, 0.2) is 0 Å². The van der Waals surface area contributed by atoms with Crippen molar-refractivity contribution in [2.24, 2.45) is 0 Å². The summed E-state index contributed by atoms with van der Waals surface area (Å²) in [6.45, 7) is 1.57. The number of nitrogens with zero attached hydrogens (tertiary/aromatic N) is 1. The average molecular weight is 296 g/mol. The smallest absolute Gasteiger partial charge is 0.342 e. The SMILES string of the molecule is COC(=O)c1c(C)[nH]c(-c2cc(F)ccc2F)nc1=S. The number of ether oxygens (including phenoxy) is 1. The molecule has 0 aliphatic rings. The number of carbonyl (C=O) groups is 1. The van der Waals surface area contributed by atoms with Gasteiger partial charge in [0.05, 0.1) is 12.7 Å². The molecule has 104 valence electrons. The molecule has 0 saturated carbocycles. The van der Waals surface area contributed by atoms with Crippen LogP contribution >= 0.6 is 12.2 Å². The largest absolute Gasteiger partial charge is 0.465 e. The summed E-state index contributed by atoms with van der Waals surface area (Å²) in [5, 5.41) is 0. The lowest BCUT2D eigenvalue weighted by atomic mass is 10.1. The third-order valence-electron chi connectivity index (χ3n) is 2.68. The number of aromatic amines is 1. The number of H-pyrrole nitrogens is 1. The second-order valence-electron chi connectivity index (χ2n) is 4.01. The zero-order valence-corrected chi connectivity index (χ0v) is 11.5. The first-order chi connectivity index (χ1) is 9.43. The van der Waals surface area contributed by atoms with Crippen LogP contribution in [0.5, 0.6) is 0 Å². The third-order valence-corrected chi connectivity index (χ3v) is 2.98. The van der Waals surface area contributed by atoms with Crippen LogP contribution in [0.1, 0.15) is 16.1 Å². The van der Waals surface area contributed by atoms with Crippen molar-refractivity contribution in [3.05, 3.63) is 45.7 Å². The summed E-state index contributed by atoms with van der Waals surface area (Å²) in [4.78, 5) is 18.2. The average Bonchev–Trinajstić information content (AvgIpc) is 2.40. The maximum absolute atomic E-state index is 13.7. The van der Waals surface area contributed by atoms with Crippen molar-refractivity contribution >= 4 is 18.2 Å². The lowest BCUT2D eigenvalue weighted by Crippen LogP contribution is -2.09. The summed E-state index contributed by atoms with van der Waals surface area (Å²) in [6.07, 6.45) is 0. The predicted octanol–water partition coefficient (Wildman–Crippen LogP) is 3.18. The summed E-state index contributed by atoms with van der Waals surface area (Å²) in [5.74, 6) is -1.83. The molecule has 0 aliphatic carbocycles. The van der Waals surface area contributed by atoms with Gasteiger partial charge >= 0.3 is 5.97 Å². The summed E-state index contributed by atoms with van der Waals surface area (Å²) in [6, 6.07) is 3.00. The fraction of sp³-hybridized carbons (Fsp3) is 0.154. The van der Waals surface area contributed by atoms with Crippen LogP contribution < -0.4 is 0 Å². The van der Waals surface area contributed by atoms with Crippen LogP contribution in [0, 0.1) is 23.2 Å². The van der Waals surface area contributed by atoms with E-state index < -0.39 is 17.6 Å². The Kier molecular flexibility index (Phi) is 3.89. The molecule has 0 spiro atoms. The molecule has 0 aliphatic heterocycles. The molecule has 1 heterocycles. The van der Waals surface area contributed by atoms with E-state index >= 15 is 0 Å². The molecule has 2 rings (SSSR count). The normalized spacial score (nSPS) is 10.4. The quantitative estimate of drug-likeness (QED) is 0.683. The standard InChI is InChI=1S/C13H10F2N2O2S/c1-6-10(13(18)19-2)12(20)17-11(16-6)8-5-7(14)3-4-9(8)15/h3-5H,1-2H3,(H,16,17,20). The Morgan fingerprint density at radius 3 is 2.70 bits per heavy atom. The van der Waals surface area contributed by atoms with Crippen LogP contribution in [0.15, 0.2) is 18.2 Å². The molecular weight excluding hydrogens is 286 g/mol. The molecule has 1 aromatic heterocycles. The number of benzene rings is 1. The molecule has 1 aromatic carbocycles. The number of rotatable bonds is 2. The van der Waals surface area contributed by atoms with Gasteiger partial charge in [-0.3, -0.25) is 0 Å². The van der Waals surface area contributed by atoms with E-state index in [1.165, 1.54) is 7.11 Å². The van der Waals surface area contributed by atoms with Crippen LogP contribution in [0.25, 0.3) is 11.4 Å². The number of hydrogen-bond donors (Lipinski definition) is 1. The Hall–Kier alpha value is -2.15. The van der Waals surface area contributed by atoms with E-state index in [9.17, 15) is 13.6 Å². The molecular formula is C13H10F2N2O2S. The van der Waals surface area contributed by atoms with Crippen molar-refractivity contribution in [2.45, 2.75) is 6.92 Å². The van der Waals surface area contributed by atoms with E-state index in [-0.39, 0.29) is 21.6 Å². The molecule has 20 heavy (non-hydrogen) atoms. The van der Waals surface area contributed by atoms with Crippen molar-refractivity contribution in [1.29, 1.82) is 0 Å². The van der Waals surface area contributed by atoms with Crippen molar-refractivity contribution < 1.29 is 18.3 Å². The van der Waals surface area contributed by atoms with E-state index in [0.29, 0.717) is 5.69 Å². The number of carbonyl (C=O) groups excluding carboxylic acids is 1. The van der Waals surface area contributed by atoms with Gasteiger partial charge in [-0.25, -0.2) is 18.6 Å². The summed E-state index contributed by atoms with van der Waals surface area (Å²) >= 11 is 5.00. The summed E-state index contributed by atoms with van der Waals surface area (Å²) < 4.78 is 31.4. The second kappa shape index (κ2) is 5.46. The third kappa shape index (κ3) is 2.57. The van der Waals surface area contributed by atoms with E-state index in [2.05, 4.69) is 14.7 Å². The van der Waals surface area contributed by atoms with Crippen LogP contribution in [0.2, 0.25) is 0 Å². The number of esters is 1. The van der Waals surface area contributed by atoms with Gasteiger partial charge < -0.3 is 9.72 Å². The Morgan fingerprint density at radius 2 is 2.10 bits per heavy atom. The Morgan fingerprint density at radius 1 is 1.40 bits per heavy atom. The van der Waals surface area contributed by atoms with Crippen LogP contribution in [-0.4, -0.2) is 23.0 Å². The monoisotopic (exact) mass is 296 g/mol. The van der Waals surface area contributed by atoms with E-state index in [1.54, 1.807) is 6.92 Å². The van der Waals surface area contributed by atoms with Crippen molar-refractivity contribution in [1.82, 2.24) is 9.97 Å². The lowest BCUT2D eigenvalue weighted by Gasteiger charge is -2.08. The number of aromatic nitrogens is 2. The van der Waals surface area contributed by atoms with E-state index in [1.807, 2.05) is 0 Å². The van der Waals surface area contributed by atoms with Gasteiger partial charge in [0.2, 0.25) is 0 Å². The van der Waals surface area contributed by atoms with E-state index in [4.69, 9.17) is 12.2 Å². The molecule has 0 atom stereocenters. The number of nitrogens with one attached hydrogen (secondary N) is 1. The Labute approximate surface area is 118 Å². The highest BCUT2D eigenvalue weighted by Crippen LogP contribution is 2.22. The molecule has 0 radical (unpaired) electrons. The maximum Gasteiger partial charge on any atom is 0.342 e.